The van der Waals surface area contributed by atoms with Crippen molar-refractivity contribution in [2.75, 3.05) is 11.9 Å². The van der Waals surface area contributed by atoms with E-state index in [-0.39, 0.29) is 18.7 Å². The van der Waals surface area contributed by atoms with E-state index < -0.39 is 0 Å². The second kappa shape index (κ2) is 7.79. The second-order valence-electron chi connectivity index (χ2n) is 5.01. The van der Waals surface area contributed by atoms with Gasteiger partial charge in [-0.1, -0.05) is 32.9 Å². The first-order chi connectivity index (χ1) is 9.06. The van der Waals surface area contributed by atoms with E-state index in [1.165, 1.54) is 5.56 Å². The van der Waals surface area contributed by atoms with Crippen LogP contribution in [-0.2, 0) is 6.42 Å². The summed E-state index contributed by atoms with van der Waals surface area (Å²) in [6, 6.07) is 7.56. The van der Waals surface area contributed by atoms with Gasteiger partial charge >= 0.3 is 6.03 Å². The number of carbonyl (C=O) groups is 1. The Kier molecular flexibility index (Phi) is 6.36. The molecule has 4 nitrogen and oxygen atoms in total. The number of urea groups is 1. The molecular weight excluding hydrogens is 240 g/mol. The Morgan fingerprint density at radius 2 is 1.89 bits per heavy atom. The zero-order valence-electron chi connectivity index (χ0n) is 11.9. The number of hydrogen-bond donors (Lipinski definition) is 3. The molecule has 0 aliphatic rings. The molecular formula is C15H24N2O2. The highest BCUT2D eigenvalue weighted by atomic mass is 16.3. The van der Waals surface area contributed by atoms with Crippen LogP contribution in [0.5, 0.6) is 0 Å². The summed E-state index contributed by atoms with van der Waals surface area (Å²) >= 11 is 0. The largest absolute Gasteiger partial charge is 0.396 e. The summed E-state index contributed by atoms with van der Waals surface area (Å²) in [5.74, 6) is 0.292. The molecule has 0 aromatic heterocycles. The van der Waals surface area contributed by atoms with Gasteiger partial charge in [0.2, 0.25) is 0 Å². The van der Waals surface area contributed by atoms with Crippen molar-refractivity contribution >= 4 is 11.7 Å². The number of benzene rings is 1. The van der Waals surface area contributed by atoms with Crippen LogP contribution in [0.15, 0.2) is 24.3 Å². The van der Waals surface area contributed by atoms with E-state index in [9.17, 15) is 4.79 Å². The van der Waals surface area contributed by atoms with Gasteiger partial charge in [-0.2, -0.15) is 0 Å². The van der Waals surface area contributed by atoms with Crippen molar-refractivity contribution in [3.05, 3.63) is 29.8 Å². The Balaban J connectivity index is 2.53. The number of carbonyl (C=O) groups excluding carboxylic acids is 1. The molecule has 0 bridgehead atoms. The Hall–Kier alpha value is -1.55. The predicted octanol–water partition coefficient (Wildman–Crippen LogP) is 2.78. The first-order valence-electron chi connectivity index (χ1n) is 6.84. The van der Waals surface area contributed by atoms with Crippen molar-refractivity contribution in [2.45, 2.75) is 39.7 Å². The summed E-state index contributed by atoms with van der Waals surface area (Å²) in [6.45, 7) is 6.22. The van der Waals surface area contributed by atoms with Crippen molar-refractivity contribution in [1.29, 1.82) is 0 Å². The van der Waals surface area contributed by atoms with E-state index in [2.05, 4.69) is 17.6 Å². The van der Waals surface area contributed by atoms with Crippen LogP contribution in [0.2, 0.25) is 0 Å². The third-order valence-electron chi connectivity index (χ3n) is 3.18. The number of aliphatic hydroxyl groups excluding tert-OH is 1. The highest BCUT2D eigenvalue weighted by molar-refractivity contribution is 5.89. The summed E-state index contributed by atoms with van der Waals surface area (Å²) < 4.78 is 0. The molecule has 0 aliphatic heterocycles. The van der Waals surface area contributed by atoms with E-state index >= 15 is 0 Å². The van der Waals surface area contributed by atoms with Crippen molar-refractivity contribution < 1.29 is 9.90 Å². The molecule has 0 saturated heterocycles. The van der Waals surface area contributed by atoms with Gasteiger partial charge in [-0.3, -0.25) is 0 Å². The maximum Gasteiger partial charge on any atom is 0.319 e. The fraction of sp³-hybridized carbons (Fsp3) is 0.533. The SMILES string of the molecule is CCc1ccc(NC(=O)N[C@@H](CCO)C(C)C)cc1. The fourth-order valence-corrected chi connectivity index (χ4v) is 1.87. The normalized spacial score (nSPS) is 12.3. The van der Waals surface area contributed by atoms with Crippen molar-refractivity contribution in [2.24, 2.45) is 5.92 Å². The molecule has 1 atom stereocenters. The average molecular weight is 264 g/mol. The molecule has 0 heterocycles. The molecule has 19 heavy (non-hydrogen) atoms. The molecule has 0 saturated carbocycles. The molecule has 1 aromatic rings. The van der Waals surface area contributed by atoms with E-state index in [1.54, 1.807) is 0 Å². The third-order valence-corrected chi connectivity index (χ3v) is 3.18. The third kappa shape index (κ3) is 5.30. The van der Waals surface area contributed by atoms with E-state index in [0.29, 0.717) is 12.3 Å². The van der Waals surface area contributed by atoms with Gasteiger partial charge in [-0.25, -0.2) is 4.79 Å². The van der Waals surface area contributed by atoms with Gasteiger partial charge in [0.05, 0.1) is 0 Å². The zero-order valence-corrected chi connectivity index (χ0v) is 11.9. The Morgan fingerprint density at radius 3 is 2.37 bits per heavy atom. The minimum absolute atomic E-state index is 0.0140. The number of aryl methyl sites for hydroxylation is 1. The lowest BCUT2D eigenvalue weighted by molar-refractivity contribution is 0.227. The fourth-order valence-electron chi connectivity index (χ4n) is 1.87. The molecule has 0 unspecified atom stereocenters. The number of nitrogens with one attached hydrogen (secondary N) is 2. The molecule has 0 radical (unpaired) electrons. The van der Waals surface area contributed by atoms with Gasteiger partial charge in [0.15, 0.2) is 0 Å². The van der Waals surface area contributed by atoms with E-state index in [4.69, 9.17) is 5.11 Å². The highest BCUT2D eigenvalue weighted by Gasteiger charge is 2.15. The maximum absolute atomic E-state index is 11.9. The monoisotopic (exact) mass is 264 g/mol. The lowest BCUT2D eigenvalue weighted by atomic mass is 10.0. The number of aliphatic hydroxyl groups is 1. The molecule has 1 aromatic carbocycles. The number of anilines is 1. The molecule has 106 valence electrons. The van der Waals surface area contributed by atoms with Gasteiger partial charge in [-0.05, 0) is 36.5 Å². The molecule has 2 amide bonds. The number of rotatable bonds is 6. The van der Waals surface area contributed by atoms with Gasteiger partial charge in [0.1, 0.15) is 0 Å². The summed E-state index contributed by atoms with van der Waals surface area (Å²) in [7, 11) is 0. The predicted molar refractivity (Wildman–Crippen MR) is 78.3 cm³/mol. The summed E-state index contributed by atoms with van der Waals surface area (Å²) in [5, 5.41) is 14.7. The Labute approximate surface area is 115 Å². The first kappa shape index (κ1) is 15.5. The van der Waals surface area contributed by atoms with Crippen LogP contribution in [0.1, 0.15) is 32.8 Å². The van der Waals surface area contributed by atoms with E-state index in [1.807, 2.05) is 38.1 Å². The summed E-state index contributed by atoms with van der Waals surface area (Å²) in [6.07, 6.45) is 1.55. The van der Waals surface area contributed by atoms with Crippen LogP contribution < -0.4 is 10.6 Å². The van der Waals surface area contributed by atoms with Crippen molar-refractivity contribution in [3.63, 3.8) is 0 Å². The van der Waals surface area contributed by atoms with Gasteiger partial charge in [0.25, 0.3) is 0 Å². The maximum atomic E-state index is 11.9. The number of amides is 2. The first-order valence-corrected chi connectivity index (χ1v) is 6.84. The van der Waals surface area contributed by atoms with Gasteiger partial charge in [-0.15, -0.1) is 0 Å². The average Bonchev–Trinajstić information content (AvgIpc) is 2.39. The highest BCUT2D eigenvalue weighted by Crippen LogP contribution is 2.11. The lowest BCUT2D eigenvalue weighted by Crippen LogP contribution is -2.41. The molecule has 0 aliphatic carbocycles. The minimum atomic E-state index is -0.226. The van der Waals surface area contributed by atoms with Crippen LogP contribution in [0, 0.1) is 5.92 Å². The molecule has 3 N–H and O–H groups in total. The standard InChI is InChI=1S/C15H24N2O2/c1-4-12-5-7-13(8-6-12)16-15(19)17-14(9-10-18)11(2)3/h5-8,11,14,18H,4,9-10H2,1-3H3,(H2,16,17,19)/t14-/m0/s1. The van der Waals surface area contributed by atoms with Crippen LogP contribution >= 0.6 is 0 Å². The van der Waals surface area contributed by atoms with Crippen molar-refractivity contribution in [1.82, 2.24) is 5.32 Å². The zero-order chi connectivity index (χ0) is 14.3. The molecule has 4 heteroatoms. The smallest absolute Gasteiger partial charge is 0.319 e. The van der Waals surface area contributed by atoms with Crippen LogP contribution in [0.4, 0.5) is 10.5 Å². The lowest BCUT2D eigenvalue weighted by Gasteiger charge is -2.21. The van der Waals surface area contributed by atoms with Crippen LogP contribution in [0.3, 0.4) is 0 Å². The quantitative estimate of drug-likeness (QED) is 0.740. The minimum Gasteiger partial charge on any atom is -0.396 e. The number of hydrogen-bond acceptors (Lipinski definition) is 2. The van der Waals surface area contributed by atoms with Gasteiger partial charge in [0, 0.05) is 18.3 Å². The summed E-state index contributed by atoms with van der Waals surface area (Å²) in [4.78, 5) is 11.9. The molecule has 0 fully saturated rings. The van der Waals surface area contributed by atoms with Crippen LogP contribution in [-0.4, -0.2) is 23.8 Å². The topological polar surface area (TPSA) is 61.4 Å². The Morgan fingerprint density at radius 1 is 1.26 bits per heavy atom. The van der Waals surface area contributed by atoms with E-state index in [0.717, 1.165) is 12.1 Å². The molecule has 0 spiro atoms. The van der Waals surface area contributed by atoms with Gasteiger partial charge < -0.3 is 15.7 Å². The second-order valence-corrected chi connectivity index (χ2v) is 5.01. The van der Waals surface area contributed by atoms with Crippen LogP contribution in [0.25, 0.3) is 0 Å². The Bertz CT molecular complexity index is 388. The molecule has 1 rings (SSSR count). The van der Waals surface area contributed by atoms with Crippen molar-refractivity contribution in [3.8, 4) is 0 Å². The summed E-state index contributed by atoms with van der Waals surface area (Å²) in [5.41, 5.74) is 2.02.